The summed E-state index contributed by atoms with van der Waals surface area (Å²) < 4.78 is 0. The number of carbonyl (C=O) groups excluding carboxylic acids is 3. The molecule has 0 aliphatic carbocycles. The predicted molar refractivity (Wildman–Crippen MR) is 84.6 cm³/mol. The Bertz CT molecular complexity index is 562. The molecule has 7 heteroatoms. The summed E-state index contributed by atoms with van der Waals surface area (Å²) in [7, 11) is 0. The molecular weight excluding hydrogens is 296 g/mol. The summed E-state index contributed by atoms with van der Waals surface area (Å²) >= 11 is 0. The summed E-state index contributed by atoms with van der Waals surface area (Å²) in [5.41, 5.74) is 0.489. The minimum Gasteiger partial charge on any atom is -0.354 e. The number of hydrogen-bond acceptors (Lipinski definition) is 4. The third-order valence-corrected chi connectivity index (χ3v) is 3.87. The van der Waals surface area contributed by atoms with Crippen molar-refractivity contribution in [2.24, 2.45) is 5.92 Å². The van der Waals surface area contributed by atoms with E-state index in [0.717, 1.165) is 19.4 Å². The van der Waals surface area contributed by atoms with Crippen molar-refractivity contribution < 1.29 is 14.4 Å². The molecule has 0 spiro atoms. The summed E-state index contributed by atoms with van der Waals surface area (Å²) in [5.74, 6) is -0.438. The average Bonchev–Trinajstić information content (AvgIpc) is 2.59. The van der Waals surface area contributed by atoms with Gasteiger partial charge in [0.25, 0.3) is 5.91 Å². The highest BCUT2D eigenvalue weighted by Gasteiger charge is 2.26. The van der Waals surface area contributed by atoms with Gasteiger partial charge in [-0.15, -0.1) is 0 Å². The SMILES string of the molecule is CC(=O)N1CCC[C@H](C(=O)NCCNC(=O)c2cccnc2)C1. The molecule has 0 bridgehead atoms. The maximum Gasteiger partial charge on any atom is 0.252 e. The Morgan fingerprint density at radius 3 is 2.78 bits per heavy atom. The smallest absolute Gasteiger partial charge is 0.252 e. The van der Waals surface area contributed by atoms with Crippen molar-refractivity contribution in [2.45, 2.75) is 19.8 Å². The van der Waals surface area contributed by atoms with Crippen LogP contribution in [0.4, 0.5) is 0 Å². The average molecular weight is 318 g/mol. The lowest BCUT2D eigenvalue weighted by Gasteiger charge is -2.31. The van der Waals surface area contributed by atoms with Gasteiger partial charge in [0.15, 0.2) is 0 Å². The maximum absolute atomic E-state index is 12.1. The maximum atomic E-state index is 12.1. The van der Waals surface area contributed by atoms with Gasteiger partial charge < -0.3 is 15.5 Å². The molecule has 2 rings (SSSR count). The Kier molecular flexibility index (Phi) is 6.08. The van der Waals surface area contributed by atoms with Crippen molar-refractivity contribution >= 4 is 17.7 Å². The fraction of sp³-hybridized carbons (Fsp3) is 0.500. The Morgan fingerprint density at radius 1 is 1.30 bits per heavy atom. The second-order valence-corrected chi connectivity index (χ2v) is 5.59. The number of amides is 3. The molecule has 1 aliphatic heterocycles. The van der Waals surface area contributed by atoms with Gasteiger partial charge in [0.1, 0.15) is 0 Å². The third kappa shape index (κ3) is 5.05. The summed E-state index contributed by atoms with van der Waals surface area (Å²) in [6, 6.07) is 3.37. The van der Waals surface area contributed by atoms with Gasteiger partial charge in [-0.25, -0.2) is 0 Å². The topological polar surface area (TPSA) is 91.4 Å². The number of pyridine rings is 1. The lowest BCUT2D eigenvalue weighted by molar-refractivity contribution is -0.133. The van der Waals surface area contributed by atoms with Crippen LogP contribution in [0.25, 0.3) is 0 Å². The number of likely N-dealkylation sites (tertiary alicyclic amines) is 1. The first-order valence-corrected chi connectivity index (χ1v) is 7.79. The van der Waals surface area contributed by atoms with Crippen molar-refractivity contribution in [1.82, 2.24) is 20.5 Å². The van der Waals surface area contributed by atoms with E-state index in [2.05, 4.69) is 15.6 Å². The monoisotopic (exact) mass is 318 g/mol. The van der Waals surface area contributed by atoms with Crippen LogP contribution in [0.1, 0.15) is 30.1 Å². The molecule has 7 nitrogen and oxygen atoms in total. The van der Waals surface area contributed by atoms with Crippen LogP contribution >= 0.6 is 0 Å². The Balaban J connectivity index is 1.68. The highest BCUT2D eigenvalue weighted by Crippen LogP contribution is 2.16. The van der Waals surface area contributed by atoms with E-state index in [1.54, 1.807) is 23.2 Å². The summed E-state index contributed by atoms with van der Waals surface area (Å²) in [5, 5.41) is 5.54. The zero-order chi connectivity index (χ0) is 16.7. The van der Waals surface area contributed by atoms with Crippen LogP contribution in [0, 0.1) is 5.92 Å². The summed E-state index contributed by atoms with van der Waals surface area (Å²) in [6.07, 6.45) is 4.73. The molecule has 3 amide bonds. The number of nitrogens with one attached hydrogen (secondary N) is 2. The van der Waals surface area contributed by atoms with Crippen molar-refractivity contribution in [2.75, 3.05) is 26.2 Å². The Labute approximate surface area is 135 Å². The molecular formula is C16H22N4O3. The lowest BCUT2D eigenvalue weighted by Crippen LogP contribution is -2.46. The fourth-order valence-corrected chi connectivity index (χ4v) is 2.58. The Hall–Kier alpha value is -2.44. The van der Waals surface area contributed by atoms with Crippen molar-refractivity contribution in [3.63, 3.8) is 0 Å². The molecule has 0 aromatic carbocycles. The number of aromatic nitrogens is 1. The van der Waals surface area contributed by atoms with E-state index < -0.39 is 0 Å². The number of rotatable bonds is 5. The third-order valence-electron chi connectivity index (χ3n) is 3.87. The lowest BCUT2D eigenvalue weighted by atomic mass is 9.97. The molecule has 2 heterocycles. The highest BCUT2D eigenvalue weighted by atomic mass is 16.2. The van der Waals surface area contributed by atoms with E-state index in [1.807, 2.05) is 0 Å². The van der Waals surface area contributed by atoms with Gasteiger partial charge in [0, 0.05) is 45.5 Å². The van der Waals surface area contributed by atoms with Gasteiger partial charge in [-0.05, 0) is 25.0 Å². The quantitative estimate of drug-likeness (QED) is 0.758. The summed E-state index contributed by atoms with van der Waals surface area (Å²) in [6.45, 7) is 3.43. The molecule has 1 fully saturated rings. The molecule has 23 heavy (non-hydrogen) atoms. The normalized spacial score (nSPS) is 17.4. The highest BCUT2D eigenvalue weighted by molar-refractivity contribution is 5.93. The number of hydrogen-bond donors (Lipinski definition) is 2. The van der Waals surface area contributed by atoms with Gasteiger partial charge in [-0.1, -0.05) is 0 Å². The molecule has 1 aromatic rings. The van der Waals surface area contributed by atoms with Crippen LogP contribution in [0.15, 0.2) is 24.5 Å². The van der Waals surface area contributed by atoms with E-state index in [4.69, 9.17) is 0 Å². The minimum atomic E-state index is -0.215. The van der Waals surface area contributed by atoms with Crippen LogP contribution in [0.2, 0.25) is 0 Å². The molecule has 0 radical (unpaired) electrons. The molecule has 0 unspecified atom stereocenters. The van der Waals surface area contributed by atoms with Crippen LogP contribution in [-0.4, -0.2) is 53.8 Å². The van der Waals surface area contributed by atoms with E-state index in [1.165, 1.54) is 13.1 Å². The van der Waals surface area contributed by atoms with Gasteiger partial charge in [-0.2, -0.15) is 0 Å². The number of carbonyl (C=O) groups is 3. The molecule has 0 saturated carbocycles. The first kappa shape index (κ1) is 16.9. The molecule has 1 atom stereocenters. The van der Waals surface area contributed by atoms with Gasteiger partial charge >= 0.3 is 0 Å². The zero-order valence-electron chi connectivity index (χ0n) is 13.2. The number of piperidine rings is 1. The molecule has 1 aromatic heterocycles. The molecule has 1 saturated heterocycles. The second kappa shape index (κ2) is 8.26. The minimum absolute atomic E-state index is 0.00577. The van der Waals surface area contributed by atoms with Crippen molar-refractivity contribution in [3.05, 3.63) is 30.1 Å². The van der Waals surface area contributed by atoms with E-state index >= 15 is 0 Å². The van der Waals surface area contributed by atoms with Crippen LogP contribution in [-0.2, 0) is 9.59 Å². The van der Waals surface area contributed by atoms with Gasteiger partial charge in [0.2, 0.25) is 11.8 Å². The first-order valence-electron chi connectivity index (χ1n) is 7.79. The predicted octanol–water partition coefficient (Wildman–Crippen LogP) is 0.186. The Morgan fingerprint density at radius 2 is 2.09 bits per heavy atom. The standard InChI is InChI=1S/C16H22N4O3/c1-12(21)20-9-3-5-14(11-20)16(23)19-8-7-18-15(22)13-4-2-6-17-10-13/h2,4,6,10,14H,3,5,7-9,11H2,1H3,(H,18,22)(H,19,23)/t14-/m0/s1. The van der Waals surface area contributed by atoms with Crippen molar-refractivity contribution in [3.8, 4) is 0 Å². The number of nitrogens with zero attached hydrogens (tertiary/aromatic N) is 2. The van der Waals surface area contributed by atoms with Crippen LogP contribution < -0.4 is 10.6 Å². The van der Waals surface area contributed by atoms with Crippen LogP contribution in [0.5, 0.6) is 0 Å². The summed E-state index contributed by atoms with van der Waals surface area (Å²) in [4.78, 5) is 40.9. The van der Waals surface area contributed by atoms with E-state index in [-0.39, 0.29) is 23.6 Å². The van der Waals surface area contributed by atoms with E-state index in [9.17, 15) is 14.4 Å². The fourth-order valence-electron chi connectivity index (χ4n) is 2.58. The zero-order valence-corrected chi connectivity index (χ0v) is 13.2. The van der Waals surface area contributed by atoms with Crippen LogP contribution in [0.3, 0.4) is 0 Å². The van der Waals surface area contributed by atoms with Gasteiger partial charge in [-0.3, -0.25) is 19.4 Å². The molecule has 124 valence electrons. The van der Waals surface area contributed by atoms with Gasteiger partial charge in [0.05, 0.1) is 11.5 Å². The second-order valence-electron chi connectivity index (χ2n) is 5.59. The van der Waals surface area contributed by atoms with Crippen molar-refractivity contribution in [1.29, 1.82) is 0 Å². The largest absolute Gasteiger partial charge is 0.354 e. The van der Waals surface area contributed by atoms with E-state index in [0.29, 0.717) is 25.2 Å². The molecule has 2 N–H and O–H groups in total. The molecule has 1 aliphatic rings. The first-order chi connectivity index (χ1) is 11.1.